The molecule has 12 heavy (non-hydrogen) atoms. The molecule has 0 heterocycles. The van der Waals surface area contributed by atoms with Crippen LogP contribution in [0.25, 0.3) is 0 Å². The number of para-hydroxylation sites is 1. The van der Waals surface area contributed by atoms with Gasteiger partial charge in [-0.15, -0.1) is 0 Å². The molecule has 0 saturated carbocycles. The highest BCUT2D eigenvalue weighted by Crippen LogP contribution is 2.15. The summed E-state index contributed by atoms with van der Waals surface area (Å²) in [4.78, 5) is 11.0. The zero-order valence-electron chi connectivity index (χ0n) is 6.36. The lowest BCUT2D eigenvalue weighted by atomic mass is 10.2. The zero-order valence-corrected chi connectivity index (χ0v) is 6.36. The first-order valence-corrected chi connectivity index (χ1v) is 3.41. The van der Waals surface area contributed by atoms with E-state index in [-0.39, 0.29) is 18.0 Å². The van der Waals surface area contributed by atoms with Crippen molar-refractivity contribution in [3.63, 3.8) is 0 Å². The summed E-state index contributed by atoms with van der Waals surface area (Å²) < 4.78 is 4.49. The number of aromatic hydroxyl groups is 1. The Labute approximate surface area is 69.6 Å². The maximum absolute atomic E-state index is 11.0. The van der Waals surface area contributed by atoms with Gasteiger partial charge in [0.05, 0.1) is 0 Å². The van der Waals surface area contributed by atoms with Crippen molar-refractivity contribution in [3.8, 4) is 5.75 Å². The third kappa shape index (κ3) is 1.73. The molecule has 1 rings (SSSR count). The molecule has 0 aliphatic carbocycles. The van der Waals surface area contributed by atoms with Crippen LogP contribution in [0.2, 0.25) is 0 Å². The number of hydrogen-bond donors (Lipinski definition) is 2. The van der Waals surface area contributed by atoms with E-state index in [1.165, 1.54) is 12.1 Å². The fourth-order valence-electron chi connectivity index (χ4n) is 0.800. The normalized spacial score (nSPS) is 9.42. The van der Waals surface area contributed by atoms with Crippen LogP contribution in [-0.2, 0) is 4.74 Å². The van der Waals surface area contributed by atoms with Gasteiger partial charge in [-0.3, -0.25) is 5.73 Å². The number of carbonyl (C=O) groups is 1. The number of ether oxygens (including phenoxy) is 1. The lowest BCUT2D eigenvalue weighted by Gasteiger charge is -2.02. The van der Waals surface area contributed by atoms with E-state index in [2.05, 4.69) is 4.74 Å². The Bertz CT molecular complexity index is 285. The molecule has 0 radical (unpaired) electrons. The predicted octanol–water partition coefficient (Wildman–Crippen LogP) is 0.465. The second kappa shape index (κ2) is 3.73. The van der Waals surface area contributed by atoms with Crippen molar-refractivity contribution in [1.82, 2.24) is 0 Å². The topological polar surface area (TPSA) is 72.5 Å². The summed E-state index contributed by atoms with van der Waals surface area (Å²) >= 11 is 0. The third-order valence-electron chi connectivity index (χ3n) is 1.34. The number of rotatable bonds is 2. The van der Waals surface area contributed by atoms with E-state index >= 15 is 0 Å². The van der Waals surface area contributed by atoms with Crippen LogP contribution in [0.3, 0.4) is 0 Å². The van der Waals surface area contributed by atoms with E-state index in [1.54, 1.807) is 12.1 Å². The van der Waals surface area contributed by atoms with Gasteiger partial charge in [0.15, 0.2) is 0 Å². The molecule has 0 bridgehead atoms. The summed E-state index contributed by atoms with van der Waals surface area (Å²) in [5.41, 5.74) is 5.12. The van der Waals surface area contributed by atoms with Crippen LogP contribution in [-0.4, -0.2) is 17.8 Å². The first-order valence-electron chi connectivity index (χ1n) is 3.41. The summed E-state index contributed by atoms with van der Waals surface area (Å²) in [6, 6.07) is 6.13. The lowest BCUT2D eigenvalue weighted by Crippen LogP contribution is -2.12. The van der Waals surface area contributed by atoms with Crippen molar-refractivity contribution < 1.29 is 14.6 Å². The fraction of sp³-hybridized carbons (Fsp3) is 0.125. The van der Waals surface area contributed by atoms with Crippen molar-refractivity contribution in [1.29, 1.82) is 0 Å². The van der Waals surface area contributed by atoms with E-state index in [0.717, 1.165) is 0 Å². The summed E-state index contributed by atoms with van der Waals surface area (Å²) in [7, 11) is 0. The van der Waals surface area contributed by atoms with Gasteiger partial charge in [-0.2, -0.15) is 0 Å². The molecule has 4 heteroatoms. The molecule has 0 aliphatic heterocycles. The number of nitrogens with two attached hydrogens (primary N) is 1. The van der Waals surface area contributed by atoms with Crippen LogP contribution in [0.5, 0.6) is 5.75 Å². The molecule has 1 aromatic carbocycles. The van der Waals surface area contributed by atoms with Crippen molar-refractivity contribution >= 4 is 5.97 Å². The Morgan fingerprint density at radius 2 is 2.17 bits per heavy atom. The van der Waals surface area contributed by atoms with Gasteiger partial charge in [0.2, 0.25) is 0 Å². The summed E-state index contributed by atoms with van der Waals surface area (Å²) in [5, 5.41) is 9.17. The van der Waals surface area contributed by atoms with Gasteiger partial charge in [0.1, 0.15) is 18.0 Å². The van der Waals surface area contributed by atoms with Crippen LogP contribution >= 0.6 is 0 Å². The molecular formula is C8H9NO3. The van der Waals surface area contributed by atoms with Crippen LogP contribution in [0.1, 0.15) is 10.4 Å². The number of phenols is 1. The number of hydrogen-bond acceptors (Lipinski definition) is 4. The third-order valence-corrected chi connectivity index (χ3v) is 1.34. The highest BCUT2D eigenvalue weighted by atomic mass is 16.5. The number of benzene rings is 1. The molecular weight excluding hydrogens is 158 g/mol. The van der Waals surface area contributed by atoms with Crippen LogP contribution in [0, 0.1) is 0 Å². The molecule has 1 aromatic rings. The highest BCUT2D eigenvalue weighted by Gasteiger charge is 2.09. The Morgan fingerprint density at radius 3 is 2.75 bits per heavy atom. The van der Waals surface area contributed by atoms with Crippen molar-refractivity contribution in [2.45, 2.75) is 0 Å². The van der Waals surface area contributed by atoms with Crippen molar-refractivity contribution in [2.24, 2.45) is 5.73 Å². The molecule has 0 fully saturated rings. The summed E-state index contributed by atoms with van der Waals surface area (Å²) in [5.74, 6) is -0.716. The maximum Gasteiger partial charge on any atom is 0.343 e. The average Bonchev–Trinajstić information content (AvgIpc) is 2.05. The standard InChI is InChI=1S/C8H9NO3/c9-5-12-8(11)6-3-1-2-4-7(6)10/h1-4,10H,5,9H2. The minimum atomic E-state index is -0.615. The van der Waals surface area contributed by atoms with Crippen molar-refractivity contribution in [3.05, 3.63) is 29.8 Å². The number of carbonyl (C=O) groups excluding carboxylic acids is 1. The zero-order chi connectivity index (χ0) is 8.97. The largest absolute Gasteiger partial charge is 0.507 e. The number of esters is 1. The van der Waals surface area contributed by atoms with E-state index in [9.17, 15) is 4.79 Å². The molecule has 3 N–H and O–H groups in total. The first-order chi connectivity index (χ1) is 5.75. The van der Waals surface area contributed by atoms with Gasteiger partial charge >= 0.3 is 5.97 Å². The molecule has 0 aliphatic rings. The van der Waals surface area contributed by atoms with Crippen LogP contribution < -0.4 is 5.73 Å². The Morgan fingerprint density at radius 1 is 1.50 bits per heavy atom. The molecule has 64 valence electrons. The van der Waals surface area contributed by atoms with Crippen LogP contribution in [0.4, 0.5) is 0 Å². The second-order valence-electron chi connectivity index (χ2n) is 2.12. The molecule has 0 atom stereocenters. The van der Waals surface area contributed by atoms with Crippen LogP contribution in [0.15, 0.2) is 24.3 Å². The Balaban J connectivity index is 2.87. The first kappa shape index (κ1) is 8.55. The van der Waals surface area contributed by atoms with E-state index in [1.807, 2.05) is 0 Å². The minimum absolute atomic E-state index is 0.101. The smallest absolute Gasteiger partial charge is 0.343 e. The van der Waals surface area contributed by atoms with Gasteiger partial charge < -0.3 is 9.84 Å². The minimum Gasteiger partial charge on any atom is -0.507 e. The van der Waals surface area contributed by atoms with Gasteiger partial charge in [0, 0.05) is 0 Å². The van der Waals surface area contributed by atoms with E-state index in [0.29, 0.717) is 0 Å². The molecule has 0 spiro atoms. The number of phenolic OH excluding ortho intramolecular Hbond substituents is 1. The van der Waals surface area contributed by atoms with E-state index in [4.69, 9.17) is 10.8 Å². The van der Waals surface area contributed by atoms with Gasteiger partial charge in [0.25, 0.3) is 0 Å². The molecule has 0 saturated heterocycles. The Kier molecular flexibility index (Phi) is 2.66. The van der Waals surface area contributed by atoms with Gasteiger partial charge in [-0.1, -0.05) is 12.1 Å². The molecule has 0 aromatic heterocycles. The molecule has 4 nitrogen and oxygen atoms in total. The summed E-state index contributed by atoms with van der Waals surface area (Å²) in [6.45, 7) is -0.187. The predicted molar refractivity (Wildman–Crippen MR) is 42.6 cm³/mol. The molecule has 0 amide bonds. The highest BCUT2D eigenvalue weighted by molar-refractivity contribution is 5.92. The average molecular weight is 167 g/mol. The summed E-state index contributed by atoms with van der Waals surface area (Å²) in [6.07, 6.45) is 0. The van der Waals surface area contributed by atoms with Gasteiger partial charge in [-0.25, -0.2) is 4.79 Å². The van der Waals surface area contributed by atoms with Gasteiger partial charge in [-0.05, 0) is 12.1 Å². The second-order valence-corrected chi connectivity index (χ2v) is 2.12. The van der Waals surface area contributed by atoms with Crippen molar-refractivity contribution in [2.75, 3.05) is 6.73 Å². The Hall–Kier alpha value is -1.55. The van der Waals surface area contributed by atoms with E-state index < -0.39 is 5.97 Å². The monoisotopic (exact) mass is 167 g/mol. The maximum atomic E-state index is 11.0. The SMILES string of the molecule is NCOC(=O)c1ccccc1O. The molecule has 0 unspecified atom stereocenters. The lowest BCUT2D eigenvalue weighted by molar-refractivity contribution is 0.0512. The fourth-order valence-corrected chi connectivity index (χ4v) is 0.800. The quantitative estimate of drug-likeness (QED) is 0.496.